The molecule has 0 aromatic carbocycles. The Labute approximate surface area is 66.4 Å². The third-order valence-corrected chi connectivity index (χ3v) is 0.979. The topological polar surface area (TPSA) is 44.8 Å². The Kier molecular flexibility index (Phi) is 8.87. The highest BCUT2D eigenvalue weighted by atomic mass is 16.7. The first kappa shape index (κ1) is 10.4. The summed E-state index contributed by atoms with van der Waals surface area (Å²) in [5.74, 6) is 0. The van der Waals surface area contributed by atoms with Gasteiger partial charge < -0.3 is 14.2 Å². The smallest absolute Gasteiger partial charge is 0.293 e. The number of carbonyl (C=O) groups excluding carboxylic acids is 1. The molecule has 4 heteroatoms. The standard InChI is InChI=1S/C4H8O2.C3H6O2/c1-2-5-4-6-3-1;1-2-5-3-4/h1-4H2;3H,2H2,1H3. The minimum atomic E-state index is 0.431. The molecule has 11 heavy (non-hydrogen) atoms. The molecule has 0 N–H and O–H groups in total. The number of rotatable bonds is 2. The molecule has 1 aliphatic rings. The molecule has 0 bridgehead atoms. The molecule has 1 saturated heterocycles. The molecule has 0 atom stereocenters. The molecule has 0 radical (unpaired) electrons. The van der Waals surface area contributed by atoms with Crippen molar-refractivity contribution in [3.05, 3.63) is 0 Å². The minimum absolute atomic E-state index is 0.431. The van der Waals surface area contributed by atoms with Crippen LogP contribution in [-0.2, 0) is 19.0 Å². The van der Waals surface area contributed by atoms with Crippen LogP contribution in [0.2, 0.25) is 0 Å². The highest BCUT2D eigenvalue weighted by Crippen LogP contribution is 1.91. The number of carbonyl (C=O) groups is 1. The summed E-state index contributed by atoms with van der Waals surface area (Å²) in [5, 5.41) is 0. The molecule has 0 aliphatic carbocycles. The van der Waals surface area contributed by atoms with E-state index in [1.54, 1.807) is 6.92 Å². The highest BCUT2D eigenvalue weighted by Gasteiger charge is 1.94. The Morgan fingerprint density at radius 2 is 2.09 bits per heavy atom. The van der Waals surface area contributed by atoms with E-state index in [4.69, 9.17) is 9.47 Å². The van der Waals surface area contributed by atoms with E-state index in [1.807, 2.05) is 0 Å². The van der Waals surface area contributed by atoms with E-state index in [-0.39, 0.29) is 0 Å². The van der Waals surface area contributed by atoms with Gasteiger partial charge in [-0.2, -0.15) is 0 Å². The van der Waals surface area contributed by atoms with E-state index in [1.165, 1.54) is 0 Å². The lowest BCUT2D eigenvalue weighted by atomic mass is 10.5. The van der Waals surface area contributed by atoms with Crippen molar-refractivity contribution in [1.29, 1.82) is 0 Å². The fraction of sp³-hybridized carbons (Fsp3) is 0.857. The van der Waals surface area contributed by atoms with Crippen molar-refractivity contribution < 1.29 is 19.0 Å². The molecule has 0 amide bonds. The van der Waals surface area contributed by atoms with Gasteiger partial charge in [0.05, 0.1) is 19.8 Å². The predicted molar refractivity (Wildman–Crippen MR) is 39.1 cm³/mol. The monoisotopic (exact) mass is 162 g/mol. The quantitative estimate of drug-likeness (QED) is 0.556. The molecule has 1 aliphatic heterocycles. The van der Waals surface area contributed by atoms with E-state index in [9.17, 15) is 4.79 Å². The molecule has 0 saturated carbocycles. The Hall–Kier alpha value is -0.610. The van der Waals surface area contributed by atoms with Gasteiger partial charge >= 0.3 is 0 Å². The molecule has 1 heterocycles. The van der Waals surface area contributed by atoms with Gasteiger partial charge in [-0.05, 0) is 13.3 Å². The second kappa shape index (κ2) is 9.39. The van der Waals surface area contributed by atoms with E-state index in [0.29, 0.717) is 19.9 Å². The fourth-order valence-corrected chi connectivity index (χ4v) is 0.508. The first-order chi connectivity index (χ1) is 5.41. The number of hydrogen-bond acceptors (Lipinski definition) is 4. The molecule has 1 rings (SSSR count). The van der Waals surface area contributed by atoms with Crippen LogP contribution < -0.4 is 0 Å². The summed E-state index contributed by atoms with van der Waals surface area (Å²) in [6.07, 6.45) is 1.06. The van der Waals surface area contributed by atoms with Crippen LogP contribution in [0.25, 0.3) is 0 Å². The zero-order valence-corrected chi connectivity index (χ0v) is 6.75. The van der Waals surface area contributed by atoms with E-state index in [0.717, 1.165) is 19.6 Å². The summed E-state index contributed by atoms with van der Waals surface area (Å²) < 4.78 is 13.8. The van der Waals surface area contributed by atoms with Crippen LogP contribution in [-0.4, -0.2) is 33.1 Å². The first-order valence-electron chi connectivity index (χ1n) is 3.62. The van der Waals surface area contributed by atoms with Crippen molar-refractivity contribution in [1.82, 2.24) is 0 Å². The van der Waals surface area contributed by atoms with Crippen LogP contribution in [0.3, 0.4) is 0 Å². The van der Waals surface area contributed by atoms with Crippen molar-refractivity contribution in [3.8, 4) is 0 Å². The molecule has 0 unspecified atom stereocenters. The van der Waals surface area contributed by atoms with Gasteiger partial charge in [0.25, 0.3) is 6.47 Å². The molecule has 66 valence electrons. The number of ether oxygens (including phenoxy) is 3. The van der Waals surface area contributed by atoms with E-state index < -0.39 is 0 Å². The third kappa shape index (κ3) is 9.39. The summed E-state index contributed by atoms with van der Waals surface area (Å²) in [5.41, 5.74) is 0. The van der Waals surface area contributed by atoms with Gasteiger partial charge in [-0.1, -0.05) is 0 Å². The lowest BCUT2D eigenvalue weighted by Gasteiger charge is -2.09. The molecule has 1 fully saturated rings. The molecule has 4 nitrogen and oxygen atoms in total. The normalized spacial score (nSPS) is 16.1. The Morgan fingerprint density at radius 1 is 1.45 bits per heavy atom. The summed E-state index contributed by atoms with van der Waals surface area (Å²) in [6, 6.07) is 0. The molecule has 0 spiro atoms. The van der Waals surface area contributed by atoms with Crippen LogP contribution in [0.15, 0.2) is 0 Å². The third-order valence-electron chi connectivity index (χ3n) is 0.979. The summed E-state index contributed by atoms with van der Waals surface area (Å²) in [7, 11) is 0. The maximum atomic E-state index is 9.18. The fourth-order valence-electron chi connectivity index (χ4n) is 0.508. The van der Waals surface area contributed by atoms with Crippen LogP contribution in [0.4, 0.5) is 0 Å². The number of hydrogen-bond donors (Lipinski definition) is 0. The van der Waals surface area contributed by atoms with Crippen molar-refractivity contribution in [2.24, 2.45) is 0 Å². The maximum Gasteiger partial charge on any atom is 0.293 e. The van der Waals surface area contributed by atoms with Gasteiger partial charge in [0.15, 0.2) is 0 Å². The van der Waals surface area contributed by atoms with Gasteiger partial charge in [0, 0.05) is 0 Å². The highest BCUT2D eigenvalue weighted by molar-refractivity contribution is 5.36. The first-order valence-corrected chi connectivity index (χ1v) is 3.62. The van der Waals surface area contributed by atoms with Gasteiger partial charge in [-0.25, -0.2) is 0 Å². The van der Waals surface area contributed by atoms with E-state index in [2.05, 4.69) is 4.74 Å². The lowest BCUT2D eigenvalue weighted by molar-refractivity contribution is -0.128. The van der Waals surface area contributed by atoms with Crippen LogP contribution in [0.5, 0.6) is 0 Å². The van der Waals surface area contributed by atoms with Crippen LogP contribution in [0.1, 0.15) is 13.3 Å². The molecular formula is C7H14O4. The summed E-state index contributed by atoms with van der Waals surface area (Å²) in [6.45, 7) is 4.91. The molecule has 0 aromatic rings. The van der Waals surface area contributed by atoms with Crippen LogP contribution >= 0.6 is 0 Å². The Bertz CT molecular complexity index is 69.0. The van der Waals surface area contributed by atoms with Gasteiger partial charge in [-0.3, -0.25) is 4.79 Å². The average Bonchev–Trinajstić information content (AvgIpc) is 2.10. The predicted octanol–water partition coefficient (Wildman–Crippen LogP) is 0.560. The second-order valence-electron chi connectivity index (χ2n) is 1.84. The zero-order chi connectivity index (χ0) is 8.36. The molecule has 0 aromatic heterocycles. The summed E-state index contributed by atoms with van der Waals surface area (Å²) in [4.78, 5) is 9.18. The second-order valence-corrected chi connectivity index (χ2v) is 1.84. The van der Waals surface area contributed by atoms with Crippen molar-refractivity contribution in [2.45, 2.75) is 13.3 Å². The molecular weight excluding hydrogens is 148 g/mol. The summed E-state index contributed by atoms with van der Waals surface area (Å²) >= 11 is 0. The largest absolute Gasteiger partial charge is 0.468 e. The SMILES string of the molecule is C1COCOC1.CCOC=O. The van der Waals surface area contributed by atoms with Gasteiger partial charge in [0.2, 0.25) is 0 Å². The Balaban J connectivity index is 0.000000187. The van der Waals surface area contributed by atoms with Gasteiger partial charge in [-0.15, -0.1) is 0 Å². The van der Waals surface area contributed by atoms with Gasteiger partial charge in [0.1, 0.15) is 6.79 Å². The van der Waals surface area contributed by atoms with E-state index >= 15 is 0 Å². The zero-order valence-electron chi connectivity index (χ0n) is 6.75. The Morgan fingerprint density at radius 3 is 2.18 bits per heavy atom. The lowest BCUT2D eigenvalue weighted by Crippen LogP contribution is -2.11. The van der Waals surface area contributed by atoms with Crippen LogP contribution in [0, 0.1) is 0 Å². The van der Waals surface area contributed by atoms with Crippen molar-refractivity contribution in [3.63, 3.8) is 0 Å². The minimum Gasteiger partial charge on any atom is -0.468 e. The average molecular weight is 162 g/mol. The van der Waals surface area contributed by atoms with Crippen molar-refractivity contribution in [2.75, 3.05) is 26.6 Å². The maximum absolute atomic E-state index is 9.18. The van der Waals surface area contributed by atoms with Crippen molar-refractivity contribution >= 4 is 6.47 Å².